The molecule has 1 saturated heterocycles. The zero-order valence-corrected chi connectivity index (χ0v) is 16.4. The molecule has 0 aromatic rings. The van der Waals surface area contributed by atoms with Crippen LogP contribution in [0.5, 0.6) is 0 Å². The van der Waals surface area contributed by atoms with E-state index >= 15 is 0 Å². The number of rotatable bonds is 5. The maximum atomic E-state index is 13.1. The summed E-state index contributed by atoms with van der Waals surface area (Å²) >= 11 is 0. The van der Waals surface area contributed by atoms with E-state index in [-0.39, 0.29) is 23.8 Å². The highest BCUT2D eigenvalue weighted by Crippen LogP contribution is 2.46. The van der Waals surface area contributed by atoms with Crippen molar-refractivity contribution in [2.24, 2.45) is 23.0 Å². The summed E-state index contributed by atoms with van der Waals surface area (Å²) in [6, 6.07) is -0.462. The van der Waals surface area contributed by atoms with Crippen molar-refractivity contribution < 1.29 is 14.4 Å². The molecular weight excluding hydrogens is 332 g/mol. The molecule has 2 aliphatic carbocycles. The minimum Gasteiger partial charge on any atom is -0.348 e. The van der Waals surface area contributed by atoms with E-state index in [1.807, 2.05) is 6.92 Å². The molecule has 3 aliphatic rings. The van der Waals surface area contributed by atoms with E-state index < -0.39 is 17.1 Å². The first-order valence-corrected chi connectivity index (χ1v) is 9.65. The lowest BCUT2D eigenvalue weighted by molar-refractivity contribution is -0.138. The van der Waals surface area contributed by atoms with E-state index in [4.69, 9.17) is 5.73 Å². The van der Waals surface area contributed by atoms with Gasteiger partial charge in [-0.1, -0.05) is 20.8 Å². The third-order valence-electron chi connectivity index (χ3n) is 6.25. The van der Waals surface area contributed by atoms with Crippen LogP contribution in [0.25, 0.3) is 0 Å². The Morgan fingerprint density at radius 3 is 2.54 bits per heavy atom. The molecular formula is C19H32N4O3. The predicted octanol–water partition coefficient (Wildman–Crippen LogP) is 1.37. The van der Waals surface area contributed by atoms with Gasteiger partial charge >= 0.3 is 6.03 Å². The molecule has 3 rings (SSSR count). The second-order valence-corrected chi connectivity index (χ2v) is 9.70. The highest BCUT2D eigenvalue weighted by atomic mass is 16.2. The molecule has 1 spiro atoms. The summed E-state index contributed by atoms with van der Waals surface area (Å²) in [4.78, 5) is 39.2. The van der Waals surface area contributed by atoms with E-state index in [1.165, 1.54) is 0 Å². The Balaban J connectivity index is 1.70. The molecule has 146 valence electrons. The summed E-state index contributed by atoms with van der Waals surface area (Å²) in [5, 5.41) is 5.86. The summed E-state index contributed by atoms with van der Waals surface area (Å²) in [6.45, 7) is 8.40. The zero-order chi connectivity index (χ0) is 19.3. The highest BCUT2D eigenvalue weighted by molar-refractivity contribution is 6.09. The van der Waals surface area contributed by atoms with Crippen LogP contribution in [0.1, 0.15) is 59.8 Å². The molecule has 4 amide bonds. The van der Waals surface area contributed by atoms with Crippen LogP contribution in [-0.4, -0.2) is 46.9 Å². The summed E-state index contributed by atoms with van der Waals surface area (Å²) in [5.41, 5.74) is 4.48. The van der Waals surface area contributed by atoms with Gasteiger partial charge in [0.15, 0.2) is 0 Å². The third-order valence-corrected chi connectivity index (χ3v) is 6.25. The fraction of sp³-hybridized carbons (Fsp3) is 0.842. The van der Waals surface area contributed by atoms with Gasteiger partial charge < -0.3 is 16.4 Å². The van der Waals surface area contributed by atoms with E-state index in [0.29, 0.717) is 31.2 Å². The van der Waals surface area contributed by atoms with Gasteiger partial charge in [0.05, 0.1) is 5.54 Å². The van der Waals surface area contributed by atoms with Gasteiger partial charge in [0.1, 0.15) is 12.1 Å². The standard InChI is InChI=1S/C19H32N4O3/c1-12-7-17(2,3)10-19(8-12)15(25)23(16(26)22-19)9-14(24)21-18(4,11-20)13-5-6-13/h12-13H,5-11,20H2,1-4H3,(H,21,24)(H,22,26). The number of carbonyl (C=O) groups is 3. The topological polar surface area (TPSA) is 105 Å². The molecule has 26 heavy (non-hydrogen) atoms. The average Bonchev–Trinajstić information content (AvgIpc) is 3.31. The monoisotopic (exact) mass is 364 g/mol. The van der Waals surface area contributed by atoms with Crippen LogP contribution in [0.15, 0.2) is 0 Å². The minimum atomic E-state index is -0.869. The fourth-order valence-corrected chi connectivity index (χ4v) is 5.19. The lowest BCUT2D eigenvalue weighted by Gasteiger charge is -2.43. The Morgan fingerprint density at radius 1 is 1.35 bits per heavy atom. The van der Waals surface area contributed by atoms with E-state index in [2.05, 4.69) is 31.4 Å². The molecule has 0 aromatic carbocycles. The number of hydrogen-bond donors (Lipinski definition) is 3. The summed E-state index contributed by atoms with van der Waals surface area (Å²) in [5.74, 6) is 0.129. The number of nitrogens with zero attached hydrogens (tertiary/aromatic N) is 1. The average molecular weight is 364 g/mol. The Hall–Kier alpha value is -1.63. The molecule has 4 N–H and O–H groups in total. The van der Waals surface area contributed by atoms with Gasteiger partial charge in [-0.15, -0.1) is 0 Å². The summed E-state index contributed by atoms with van der Waals surface area (Å²) in [7, 11) is 0. The Labute approximate surface area is 155 Å². The second kappa shape index (κ2) is 6.22. The molecule has 3 unspecified atom stereocenters. The van der Waals surface area contributed by atoms with Crippen molar-refractivity contribution in [3.05, 3.63) is 0 Å². The Kier molecular flexibility index (Phi) is 4.58. The lowest BCUT2D eigenvalue weighted by atomic mass is 9.64. The number of amides is 4. The van der Waals surface area contributed by atoms with Crippen LogP contribution < -0.4 is 16.4 Å². The van der Waals surface area contributed by atoms with Gasteiger partial charge in [-0.05, 0) is 56.3 Å². The van der Waals surface area contributed by atoms with Crippen LogP contribution in [0.3, 0.4) is 0 Å². The number of carbonyl (C=O) groups excluding carboxylic acids is 3. The molecule has 3 atom stereocenters. The zero-order valence-electron chi connectivity index (χ0n) is 16.4. The minimum absolute atomic E-state index is 0.0248. The van der Waals surface area contributed by atoms with Crippen molar-refractivity contribution in [1.29, 1.82) is 0 Å². The van der Waals surface area contributed by atoms with Gasteiger partial charge in [0, 0.05) is 6.54 Å². The molecule has 0 bridgehead atoms. The van der Waals surface area contributed by atoms with Crippen LogP contribution in [0.4, 0.5) is 4.79 Å². The molecule has 0 aromatic heterocycles. The van der Waals surface area contributed by atoms with Gasteiger partial charge in [0.25, 0.3) is 5.91 Å². The molecule has 3 fully saturated rings. The number of imide groups is 1. The number of hydrogen-bond acceptors (Lipinski definition) is 4. The first kappa shape index (κ1) is 19.1. The summed E-state index contributed by atoms with van der Waals surface area (Å²) < 4.78 is 0. The van der Waals surface area contributed by atoms with Crippen molar-refractivity contribution in [3.8, 4) is 0 Å². The summed E-state index contributed by atoms with van der Waals surface area (Å²) in [6.07, 6.45) is 4.35. The maximum absolute atomic E-state index is 13.1. The van der Waals surface area contributed by atoms with Crippen molar-refractivity contribution >= 4 is 17.8 Å². The van der Waals surface area contributed by atoms with Gasteiger partial charge in [-0.25, -0.2) is 4.79 Å². The first-order chi connectivity index (χ1) is 12.0. The van der Waals surface area contributed by atoms with E-state index in [9.17, 15) is 14.4 Å². The van der Waals surface area contributed by atoms with Crippen molar-refractivity contribution in [3.63, 3.8) is 0 Å². The van der Waals surface area contributed by atoms with Gasteiger partial charge in [0.2, 0.25) is 5.91 Å². The van der Waals surface area contributed by atoms with Crippen molar-refractivity contribution in [2.75, 3.05) is 13.1 Å². The number of urea groups is 1. The first-order valence-electron chi connectivity index (χ1n) is 9.65. The highest BCUT2D eigenvalue weighted by Gasteiger charge is 2.56. The number of nitrogens with two attached hydrogens (primary N) is 1. The molecule has 2 saturated carbocycles. The molecule has 7 heteroatoms. The fourth-order valence-electron chi connectivity index (χ4n) is 5.19. The Bertz CT molecular complexity index is 630. The van der Waals surface area contributed by atoms with E-state index in [1.54, 1.807) is 0 Å². The largest absolute Gasteiger partial charge is 0.348 e. The van der Waals surface area contributed by atoms with Gasteiger partial charge in [-0.2, -0.15) is 0 Å². The second-order valence-electron chi connectivity index (χ2n) is 9.70. The van der Waals surface area contributed by atoms with Crippen LogP contribution in [-0.2, 0) is 9.59 Å². The SMILES string of the molecule is CC1CC(C)(C)CC2(C1)NC(=O)N(CC(=O)NC(C)(CN)C1CC1)C2=O. The smallest absolute Gasteiger partial charge is 0.325 e. The maximum Gasteiger partial charge on any atom is 0.325 e. The predicted molar refractivity (Wildman–Crippen MR) is 98.1 cm³/mol. The molecule has 1 aliphatic heterocycles. The van der Waals surface area contributed by atoms with E-state index in [0.717, 1.165) is 24.2 Å². The van der Waals surface area contributed by atoms with Crippen molar-refractivity contribution in [2.45, 2.75) is 70.9 Å². The lowest BCUT2D eigenvalue weighted by Crippen LogP contribution is -2.56. The van der Waals surface area contributed by atoms with Crippen LogP contribution in [0.2, 0.25) is 0 Å². The molecule has 1 heterocycles. The number of nitrogens with one attached hydrogen (secondary N) is 2. The normalized spacial score (nSPS) is 33.1. The third kappa shape index (κ3) is 3.46. The van der Waals surface area contributed by atoms with Crippen LogP contribution >= 0.6 is 0 Å². The Morgan fingerprint density at radius 2 is 2.00 bits per heavy atom. The molecule has 0 radical (unpaired) electrons. The van der Waals surface area contributed by atoms with Crippen LogP contribution in [0, 0.1) is 17.3 Å². The van der Waals surface area contributed by atoms with Crippen molar-refractivity contribution in [1.82, 2.24) is 15.5 Å². The van der Waals surface area contributed by atoms with Gasteiger partial charge in [-0.3, -0.25) is 14.5 Å². The quantitative estimate of drug-likeness (QED) is 0.641. The molecule has 7 nitrogen and oxygen atoms in total.